The molecule has 2 atom stereocenters. The van der Waals surface area contributed by atoms with Crippen LogP contribution in [-0.2, 0) is 16.8 Å². The van der Waals surface area contributed by atoms with Gasteiger partial charge in [0.15, 0.2) is 11.4 Å². The third-order valence-electron chi connectivity index (χ3n) is 6.02. The Balaban J connectivity index is 1.66. The lowest BCUT2D eigenvalue weighted by atomic mass is 9.83. The fourth-order valence-corrected chi connectivity index (χ4v) is 5.05. The topological polar surface area (TPSA) is 38.8 Å². The first-order valence-electron chi connectivity index (χ1n) is 9.34. The number of nitrogens with zero attached hydrogens (tertiary/aromatic N) is 1. The first kappa shape index (κ1) is 16.0. The molecule has 1 unspecified atom stereocenters. The number of benzene rings is 3. The Bertz CT molecular complexity index is 1140. The van der Waals surface area contributed by atoms with Gasteiger partial charge in [0.25, 0.3) is 0 Å². The summed E-state index contributed by atoms with van der Waals surface area (Å²) in [5, 5.41) is 0.549. The summed E-state index contributed by atoms with van der Waals surface area (Å²) in [6, 6.07) is 21.1. The Morgan fingerprint density at radius 2 is 1.82 bits per heavy atom. The number of para-hydroxylation sites is 1. The zero-order valence-electron chi connectivity index (χ0n) is 14.9. The summed E-state index contributed by atoms with van der Waals surface area (Å²) < 4.78 is 12.4. The highest BCUT2D eigenvalue weighted by molar-refractivity contribution is 6.31. The van der Waals surface area contributed by atoms with Gasteiger partial charge >= 0.3 is 6.09 Å². The number of hydrogen-bond donors (Lipinski definition) is 0. The maximum absolute atomic E-state index is 13.2. The van der Waals surface area contributed by atoms with Gasteiger partial charge in [-0.1, -0.05) is 54.1 Å². The van der Waals surface area contributed by atoms with Crippen LogP contribution in [0, 0.1) is 0 Å². The summed E-state index contributed by atoms with van der Waals surface area (Å²) in [6.07, 6.45) is 1.24. The highest BCUT2D eigenvalue weighted by atomic mass is 35.5. The Labute approximate surface area is 167 Å². The Kier molecular flexibility index (Phi) is 3.16. The summed E-state index contributed by atoms with van der Waals surface area (Å²) in [6.45, 7) is 0. The maximum Gasteiger partial charge on any atom is 0.416 e. The van der Waals surface area contributed by atoms with Crippen LogP contribution >= 0.6 is 11.6 Å². The van der Waals surface area contributed by atoms with Gasteiger partial charge in [0, 0.05) is 16.1 Å². The van der Waals surface area contributed by atoms with Crippen molar-refractivity contribution < 1.29 is 14.3 Å². The fourth-order valence-electron chi connectivity index (χ4n) is 4.88. The van der Waals surface area contributed by atoms with Crippen LogP contribution in [0.15, 0.2) is 66.7 Å². The van der Waals surface area contributed by atoms with E-state index in [9.17, 15) is 4.79 Å². The van der Waals surface area contributed by atoms with E-state index in [0.29, 0.717) is 16.5 Å². The molecule has 3 aliphatic rings. The molecule has 2 heterocycles. The lowest BCUT2D eigenvalue weighted by Crippen LogP contribution is -2.34. The lowest BCUT2D eigenvalue weighted by Gasteiger charge is -2.32. The number of rotatable bonds is 0. The van der Waals surface area contributed by atoms with Crippen molar-refractivity contribution in [2.75, 3.05) is 4.90 Å². The minimum atomic E-state index is -0.739. The van der Waals surface area contributed by atoms with Gasteiger partial charge < -0.3 is 9.47 Å². The number of aryl methyl sites for hydroxylation is 1. The Hall–Kier alpha value is -2.98. The molecule has 1 fully saturated rings. The van der Waals surface area contributed by atoms with Gasteiger partial charge in [-0.2, -0.15) is 0 Å². The molecule has 1 saturated heterocycles. The molecule has 0 N–H and O–H groups in total. The van der Waals surface area contributed by atoms with E-state index in [2.05, 4.69) is 12.1 Å². The first-order valence-corrected chi connectivity index (χ1v) is 9.72. The largest absolute Gasteiger partial charge is 0.455 e. The molecule has 28 heavy (non-hydrogen) atoms. The SMILES string of the molecule is O=C1O[C@]2(CCc3ccccc32)C2c3ccccc3Oc3ccc(Cl)cc3N12. The second kappa shape index (κ2) is 5.52. The lowest BCUT2D eigenvalue weighted by molar-refractivity contribution is 0.0340. The van der Waals surface area contributed by atoms with Gasteiger partial charge in [0.05, 0.1) is 5.69 Å². The van der Waals surface area contributed by atoms with Gasteiger partial charge in [0.1, 0.15) is 11.8 Å². The van der Waals surface area contributed by atoms with Crippen molar-refractivity contribution in [3.05, 3.63) is 88.4 Å². The number of carbonyl (C=O) groups excluding carboxylic acids is 1. The van der Waals surface area contributed by atoms with Crippen molar-refractivity contribution in [2.45, 2.75) is 24.5 Å². The van der Waals surface area contributed by atoms with E-state index in [-0.39, 0.29) is 12.1 Å². The van der Waals surface area contributed by atoms with Crippen molar-refractivity contribution in [1.29, 1.82) is 0 Å². The van der Waals surface area contributed by atoms with Crippen LogP contribution < -0.4 is 9.64 Å². The fraction of sp³-hybridized carbons (Fsp3) is 0.174. The molecule has 0 bridgehead atoms. The van der Waals surface area contributed by atoms with Gasteiger partial charge in [0.2, 0.25) is 0 Å². The minimum Gasteiger partial charge on any atom is -0.455 e. The van der Waals surface area contributed by atoms with Gasteiger partial charge in [-0.15, -0.1) is 0 Å². The predicted octanol–water partition coefficient (Wildman–Crippen LogP) is 5.99. The molecule has 6 rings (SSSR count). The van der Waals surface area contributed by atoms with Crippen LogP contribution in [0.25, 0.3) is 0 Å². The quantitative estimate of drug-likeness (QED) is 0.474. The van der Waals surface area contributed by atoms with E-state index in [1.54, 1.807) is 23.1 Å². The van der Waals surface area contributed by atoms with E-state index in [1.807, 2.05) is 36.4 Å². The highest BCUT2D eigenvalue weighted by Gasteiger charge is 2.60. The van der Waals surface area contributed by atoms with Crippen molar-refractivity contribution in [2.24, 2.45) is 0 Å². The van der Waals surface area contributed by atoms with E-state index in [1.165, 1.54) is 5.56 Å². The average molecular weight is 390 g/mol. The van der Waals surface area contributed by atoms with Crippen LogP contribution in [0.4, 0.5) is 10.5 Å². The van der Waals surface area contributed by atoms with Crippen LogP contribution in [-0.4, -0.2) is 6.09 Å². The maximum atomic E-state index is 13.2. The van der Waals surface area contributed by atoms with Crippen LogP contribution in [0.3, 0.4) is 0 Å². The molecule has 1 amide bonds. The second-order valence-corrected chi connectivity index (χ2v) is 7.88. The molecule has 1 spiro atoms. The molecule has 0 aromatic heterocycles. The Morgan fingerprint density at radius 1 is 1.00 bits per heavy atom. The molecule has 1 aliphatic carbocycles. The number of anilines is 1. The summed E-state index contributed by atoms with van der Waals surface area (Å²) in [4.78, 5) is 14.9. The number of carbonyl (C=O) groups is 1. The third kappa shape index (κ3) is 1.98. The van der Waals surface area contributed by atoms with E-state index < -0.39 is 5.60 Å². The molecule has 138 valence electrons. The van der Waals surface area contributed by atoms with E-state index in [0.717, 1.165) is 29.7 Å². The van der Waals surface area contributed by atoms with Crippen LogP contribution in [0.1, 0.15) is 29.2 Å². The summed E-state index contributed by atoms with van der Waals surface area (Å²) in [7, 11) is 0. The number of ether oxygens (including phenoxy) is 2. The van der Waals surface area contributed by atoms with Crippen molar-refractivity contribution in [3.8, 4) is 11.5 Å². The molecule has 5 heteroatoms. The molecular weight excluding hydrogens is 374 g/mol. The summed E-state index contributed by atoms with van der Waals surface area (Å²) >= 11 is 6.28. The summed E-state index contributed by atoms with van der Waals surface area (Å²) in [5.41, 5.74) is 3.15. The van der Waals surface area contributed by atoms with Gasteiger partial charge in [-0.25, -0.2) is 4.79 Å². The summed E-state index contributed by atoms with van der Waals surface area (Å²) in [5.74, 6) is 1.33. The van der Waals surface area contributed by atoms with Crippen molar-refractivity contribution in [3.63, 3.8) is 0 Å². The normalized spacial score (nSPS) is 24.0. The third-order valence-corrected chi connectivity index (χ3v) is 6.25. The van der Waals surface area contributed by atoms with E-state index in [4.69, 9.17) is 21.1 Å². The standard InChI is InChI=1S/C23H16ClNO3/c24-15-9-10-20-18(13-15)25-21(16-6-2-4-8-19(16)27-20)23(28-22(25)26)12-11-14-5-1-3-7-17(14)23/h1-10,13,21H,11-12H2/t21?,23-/m0/s1. The second-order valence-electron chi connectivity index (χ2n) is 7.44. The van der Waals surface area contributed by atoms with Crippen LogP contribution in [0.5, 0.6) is 11.5 Å². The molecule has 0 radical (unpaired) electrons. The molecular formula is C23H16ClNO3. The first-order chi connectivity index (χ1) is 13.7. The average Bonchev–Trinajstić information content (AvgIpc) is 3.16. The molecule has 4 nitrogen and oxygen atoms in total. The molecule has 0 saturated carbocycles. The zero-order chi connectivity index (χ0) is 18.9. The van der Waals surface area contributed by atoms with Crippen molar-refractivity contribution >= 4 is 23.4 Å². The Morgan fingerprint density at radius 3 is 2.75 bits per heavy atom. The molecule has 3 aromatic rings. The van der Waals surface area contributed by atoms with Gasteiger partial charge in [-0.3, -0.25) is 4.90 Å². The number of fused-ring (bicyclic) bond motifs is 8. The number of halogens is 1. The molecule has 3 aromatic carbocycles. The van der Waals surface area contributed by atoms with Crippen molar-refractivity contribution in [1.82, 2.24) is 0 Å². The highest BCUT2D eigenvalue weighted by Crippen LogP contribution is 2.60. The minimum absolute atomic E-state index is 0.320. The monoisotopic (exact) mass is 389 g/mol. The van der Waals surface area contributed by atoms with E-state index >= 15 is 0 Å². The smallest absolute Gasteiger partial charge is 0.416 e. The van der Waals surface area contributed by atoms with Gasteiger partial charge in [-0.05, 0) is 42.7 Å². The predicted molar refractivity (Wildman–Crippen MR) is 106 cm³/mol. The number of hydrogen-bond acceptors (Lipinski definition) is 3. The van der Waals surface area contributed by atoms with Crippen LogP contribution in [0.2, 0.25) is 5.02 Å². The number of amides is 1. The zero-order valence-corrected chi connectivity index (χ0v) is 15.6. The molecule has 2 aliphatic heterocycles.